The van der Waals surface area contributed by atoms with Gasteiger partial charge >= 0.3 is 0 Å². The van der Waals surface area contributed by atoms with E-state index in [1.807, 2.05) is 34.0 Å². The fraction of sp³-hybridized carbons (Fsp3) is 0.550. The zero-order valence-electron chi connectivity index (χ0n) is 15.6. The molecule has 0 spiro atoms. The van der Waals surface area contributed by atoms with Crippen LogP contribution in [0.3, 0.4) is 0 Å². The standard InChI is InChI=1S/C20H27N5O2/c26-19-9-3-2-7-16(19)13-23-10-6-8-17(14-23)25-15-18(21-22-25)20(27)24-11-4-1-5-12-24/h2-3,7,9,15,17,26H,1,4-6,8,10-14H2. The number of amides is 1. The van der Waals surface area contributed by atoms with E-state index in [-0.39, 0.29) is 11.9 Å². The second-order valence-electron chi connectivity index (χ2n) is 7.60. The first-order valence-electron chi connectivity index (χ1n) is 9.91. The Labute approximate surface area is 159 Å². The molecular formula is C20H27N5O2. The van der Waals surface area contributed by atoms with Gasteiger partial charge in [-0.1, -0.05) is 23.4 Å². The third-order valence-corrected chi connectivity index (χ3v) is 5.61. The molecular weight excluding hydrogens is 342 g/mol. The van der Waals surface area contributed by atoms with Gasteiger partial charge in [0.15, 0.2) is 5.69 Å². The number of hydrogen-bond donors (Lipinski definition) is 1. The summed E-state index contributed by atoms with van der Waals surface area (Å²) in [6.07, 6.45) is 7.25. The molecule has 0 radical (unpaired) electrons. The molecule has 4 rings (SSSR count). The van der Waals surface area contributed by atoms with Gasteiger partial charge in [0.25, 0.3) is 5.91 Å². The van der Waals surface area contributed by atoms with Crippen LogP contribution in [0.4, 0.5) is 0 Å². The third-order valence-electron chi connectivity index (χ3n) is 5.61. The molecule has 2 fully saturated rings. The number of para-hydroxylation sites is 1. The van der Waals surface area contributed by atoms with Crippen molar-refractivity contribution >= 4 is 5.91 Å². The van der Waals surface area contributed by atoms with Crippen molar-refractivity contribution in [3.05, 3.63) is 41.7 Å². The zero-order chi connectivity index (χ0) is 18.6. The molecule has 0 saturated carbocycles. The molecule has 7 nitrogen and oxygen atoms in total. The maximum absolute atomic E-state index is 12.6. The molecule has 1 unspecified atom stereocenters. The van der Waals surface area contributed by atoms with E-state index in [0.717, 1.165) is 64.0 Å². The van der Waals surface area contributed by atoms with Crippen molar-refractivity contribution in [1.82, 2.24) is 24.8 Å². The van der Waals surface area contributed by atoms with Gasteiger partial charge in [0.1, 0.15) is 5.75 Å². The number of piperidine rings is 2. The SMILES string of the molecule is O=C(c1cn(C2CCCN(Cc3ccccc3O)C2)nn1)N1CCCCC1. The number of rotatable bonds is 4. The average molecular weight is 369 g/mol. The Bertz CT molecular complexity index is 784. The fourth-order valence-corrected chi connectivity index (χ4v) is 4.09. The summed E-state index contributed by atoms with van der Waals surface area (Å²) in [6.45, 7) is 4.21. The molecule has 27 heavy (non-hydrogen) atoms. The van der Waals surface area contributed by atoms with Crippen LogP contribution in [0.15, 0.2) is 30.5 Å². The molecule has 1 aromatic heterocycles. The molecule has 2 aromatic rings. The van der Waals surface area contributed by atoms with Gasteiger partial charge < -0.3 is 10.0 Å². The van der Waals surface area contributed by atoms with Crippen LogP contribution in [0.2, 0.25) is 0 Å². The topological polar surface area (TPSA) is 74.5 Å². The van der Waals surface area contributed by atoms with Crippen LogP contribution >= 0.6 is 0 Å². The minimum absolute atomic E-state index is 0.00261. The number of hydrogen-bond acceptors (Lipinski definition) is 5. The average Bonchev–Trinajstić information content (AvgIpc) is 3.20. The van der Waals surface area contributed by atoms with Crippen LogP contribution in [0, 0.1) is 0 Å². The Hall–Kier alpha value is -2.41. The molecule has 1 atom stereocenters. The van der Waals surface area contributed by atoms with Crippen molar-refractivity contribution in [1.29, 1.82) is 0 Å². The predicted octanol–water partition coefficient (Wildman–Crippen LogP) is 2.45. The summed E-state index contributed by atoms with van der Waals surface area (Å²) in [4.78, 5) is 16.8. The lowest BCUT2D eigenvalue weighted by atomic mass is 10.0. The normalized spacial score (nSPS) is 21.3. The Balaban J connectivity index is 1.40. The minimum atomic E-state index is 0.00261. The first-order valence-corrected chi connectivity index (χ1v) is 9.91. The number of carbonyl (C=O) groups is 1. The molecule has 2 aliphatic heterocycles. The number of aromatic hydroxyl groups is 1. The van der Waals surface area contributed by atoms with E-state index in [1.54, 1.807) is 6.07 Å². The van der Waals surface area contributed by atoms with Gasteiger partial charge in [-0.05, 0) is 44.7 Å². The maximum Gasteiger partial charge on any atom is 0.276 e. The van der Waals surface area contributed by atoms with E-state index < -0.39 is 0 Å². The number of aromatic nitrogens is 3. The minimum Gasteiger partial charge on any atom is -0.508 e. The number of phenols is 1. The van der Waals surface area contributed by atoms with Gasteiger partial charge in [-0.3, -0.25) is 9.69 Å². The van der Waals surface area contributed by atoms with E-state index in [9.17, 15) is 9.90 Å². The summed E-state index contributed by atoms with van der Waals surface area (Å²) in [5, 5.41) is 18.4. The van der Waals surface area contributed by atoms with E-state index in [1.165, 1.54) is 6.42 Å². The lowest BCUT2D eigenvalue weighted by molar-refractivity contribution is 0.0718. The molecule has 0 aliphatic carbocycles. The van der Waals surface area contributed by atoms with Crippen LogP contribution in [-0.4, -0.2) is 62.0 Å². The second-order valence-corrected chi connectivity index (χ2v) is 7.60. The quantitative estimate of drug-likeness (QED) is 0.896. The van der Waals surface area contributed by atoms with E-state index in [4.69, 9.17) is 0 Å². The monoisotopic (exact) mass is 369 g/mol. The van der Waals surface area contributed by atoms with Crippen LogP contribution in [0.25, 0.3) is 0 Å². The van der Waals surface area contributed by atoms with E-state index in [2.05, 4.69) is 15.2 Å². The first-order chi connectivity index (χ1) is 13.2. The molecule has 7 heteroatoms. The lowest BCUT2D eigenvalue weighted by Gasteiger charge is -2.32. The summed E-state index contributed by atoms with van der Waals surface area (Å²) < 4.78 is 1.86. The Morgan fingerprint density at radius 2 is 1.93 bits per heavy atom. The first kappa shape index (κ1) is 18.0. The summed E-state index contributed by atoms with van der Waals surface area (Å²) in [5.41, 5.74) is 1.40. The smallest absolute Gasteiger partial charge is 0.276 e. The third kappa shape index (κ3) is 4.13. The largest absolute Gasteiger partial charge is 0.508 e. The molecule has 2 saturated heterocycles. The van der Waals surface area contributed by atoms with Gasteiger partial charge in [0, 0.05) is 31.7 Å². The molecule has 1 aromatic carbocycles. The number of likely N-dealkylation sites (tertiary alicyclic amines) is 2. The van der Waals surface area contributed by atoms with Crippen molar-refractivity contribution in [2.45, 2.75) is 44.7 Å². The van der Waals surface area contributed by atoms with Gasteiger partial charge in [-0.25, -0.2) is 4.68 Å². The number of nitrogens with zero attached hydrogens (tertiary/aromatic N) is 5. The Kier molecular flexibility index (Phi) is 5.38. The molecule has 0 bridgehead atoms. The van der Waals surface area contributed by atoms with Crippen LogP contribution in [0.1, 0.15) is 54.2 Å². The van der Waals surface area contributed by atoms with Crippen molar-refractivity contribution < 1.29 is 9.90 Å². The van der Waals surface area contributed by atoms with Crippen molar-refractivity contribution in [3.8, 4) is 5.75 Å². The Morgan fingerprint density at radius 3 is 2.74 bits per heavy atom. The highest BCUT2D eigenvalue weighted by Gasteiger charge is 2.26. The number of phenolic OH excluding ortho intramolecular Hbond substituents is 1. The van der Waals surface area contributed by atoms with Crippen LogP contribution < -0.4 is 0 Å². The molecule has 144 valence electrons. The summed E-state index contributed by atoms with van der Waals surface area (Å²) in [7, 11) is 0. The summed E-state index contributed by atoms with van der Waals surface area (Å²) in [5.74, 6) is 0.345. The van der Waals surface area contributed by atoms with Crippen LogP contribution in [0.5, 0.6) is 5.75 Å². The summed E-state index contributed by atoms with van der Waals surface area (Å²) >= 11 is 0. The van der Waals surface area contributed by atoms with Gasteiger partial charge in [0.2, 0.25) is 0 Å². The number of benzene rings is 1. The lowest BCUT2D eigenvalue weighted by Crippen LogP contribution is -2.36. The highest BCUT2D eigenvalue weighted by molar-refractivity contribution is 5.91. The highest BCUT2D eigenvalue weighted by Crippen LogP contribution is 2.25. The fourth-order valence-electron chi connectivity index (χ4n) is 4.09. The van der Waals surface area contributed by atoms with E-state index in [0.29, 0.717) is 11.4 Å². The van der Waals surface area contributed by atoms with Crippen molar-refractivity contribution in [3.63, 3.8) is 0 Å². The van der Waals surface area contributed by atoms with Crippen LogP contribution in [-0.2, 0) is 6.54 Å². The second kappa shape index (κ2) is 8.08. The highest BCUT2D eigenvalue weighted by atomic mass is 16.3. The van der Waals surface area contributed by atoms with Crippen molar-refractivity contribution in [2.75, 3.05) is 26.2 Å². The Morgan fingerprint density at radius 1 is 1.11 bits per heavy atom. The summed E-state index contributed by atoms with van der Waals surface area (Å²) in [6, 6.07) is 7.69. The molecule has 1 amide bonds. The van der Waals surface area contributed by atoms with E-state index >= 15 is 0 Å². The predicted molar refractivity (Wildman–Crippen MR) is 101 cm³/mol. The molecule has 3 heterocycles. The zero-order valence-corrected chi connectivity index (χ0v) is 15.6. The van der Waals surface area contributed by atoms with Gasteiger partial charge in [-0.15, -0.1) is 5.10 Å². The van der Waals surface area contributed by atoms with Gasteiger partial charge in [0.05, 0.1) is 12.2 Å². The molecule has 2 aliphatic rings. The number of carbonyl (C=O) groups excluding carboxylic acids is 1. The maximum atomic E-state index is 12.6. The van der Waals surface area contributed by atoms with Gasteiger partial charge in [-0.2, -0.15) is 0 Å². The molecule has 1 N–H and O–H groups in total. The van der Waals surface area contributed by atoms with Crippen molar-refractivity contribution in [2.24, 2.45) is 0 Å².